The van der Waals surface area contributed by atoms with E-state index in [2.05, 4.69) is 166 Å². The molecule has 62 heavy (non-hydrogen) atoms. The Morgan fingerprint density at radius 1 is 0.532 bits per heavy atom. The minimum Gasteiger partial charge on any atom is -0.147 e. The van der Waals surface area contributed by atoms with Gasteiger partial charge < -0.3 is 0 Å². The molecular weight excluding hydrogens is 919 g/mol. The molecule has 2 unspecified atom stereocenters. The third kappa shape index (κ3) is 9.52. The molecule has 0 aromatic heterocycles. The van der Waals surface area contributed by atoms with Crippen molar-refractivity contribution in [3.05, 3.63) is 118 Å². The smallest absolute Gasteiger partial charge is 0.147 e. The topological polar surface area (TPSA) is 0 Å². The Bertz CT molecular complexity index is 2190. The maximum Gasteiger partial charge on any atom is -0.147 e. The summed E-state index contributed by atoms with van der Waals surface area (Å²) in [5.41, 5.74) is 16.7. The molecule has 4 aromatic rings. The minimum absolute atomic E-state index is 0. The van der Waals surface area contributed by atoms with Crippen LogP contribution in [0.2, 0.25) is 48.5 Å². The first kappa shape index (κ1) is 49.9. The van der Waals surface area contributed by atoms with Crippen LogP contribution in [0, 0.1) is 10.8 Å². The van der Waals surface area contributed by atoms with E-state index in [4.69, 9.17) is 0 Å². The van der Waals surface area contributed by atoms with Crippen molar-refractivity contribution in [2.24, 2.45) is 10.8 Å². The molecule has 0 amide bonds. The summed E-state index contributed by atoms with van der Waals surface area (Å²) in [5.74, 6) is 0. The van der Waals surface area contributed by atoms with Gasteiger partial charge in [0.1, 0.15) is 0 Å². The molecule has 0 N–H and O–H groups in total. The monoisotopic (exact) mass is 996 g/mol. The molecule has 0 heterocycles. The van der Waals surface area contributed by atoms with Gasteiger partial charge in [0, 0.05) is 0 Å². The Balaban J connectivity index is 0.00000321. The predicted molar refractivity (Wildman–Crippen MR) is 287 cm³/mol. The van der Waals surface area contributed by atoms with Gasteiger partial charge in [0.15, 0.2) is 0 Å². The quantitative estimate of drug-likeness (QED) is 0.110. The Hall–Kier alpha value is -1.53. The summed E-state index contributed by atoms with van der Waals surface area (Å²) in [7, 11) is -2.78. The van der Waals surface area contributed by atoms with Gasteiger partial charge in [0.25, 0.3) is 0 Å². The van der Waals surface area contributed by atoms with Crippen LogP contribution in [0.15, 0.2) is 96.1 Å². The zero-order chi connectivity index (χ0) is 42.7. The molecule has 0 saturated heterocycles. The molecule has 0 bridgehead atoms. The van der Waals surface area contributed by atoms with Crippen LogP contribution in [-0.2, 0) is 17.4 Å². The van der Waals surface area contributed by atoms with Gasteiger partial charge in [-0.2, -0.15) is 0 Å². The van der Waals surface area contributed by atoms with Crippen molar-refractivity contribution in [3.63, 3.8) is 0 Å². The zero-order valence-corrected chi connectivity index (χ0v) is 47.8. The van der Waals surface area contributed by atoms with Crippen molar-refractivity contribution in [1.82, 2.24) is 0 Å². The average Bonchev–Trinajstić information content (AvgIpc) is 4.00. The van der Waals surface area contributed by atoms with E-state index in [1.807, 2.05) is 11.1 Å². The summed E-state index contributed by atoms with van der Waals surface area (Å²) in [6.07, 6.45) is 24.8. The molecule has 8 rings (SSSR count). The molecule has 2 saturated carbocycles. The number of benzene rings is 4. The molecule has 0 spiro atoms. The van der Waals surface area contributed by atoms with Crippen LogP contribution in [0.25, 0.3) is 34.4 Å². The van der Waals surface area contributed by atoms with Gasteiger partial charge in [0.05, 0.1) is 0 Å². The maximum atomic E-state index is 2.94. The first-order valence-electron chi connectivity index (χ1n) is 24.3. The number of fused-ring (bicyclic) bond motifs is 2. The fourth-order valence-electron chi connectivity index (χ4n) is 13.7. The molecule has 0 aliphatic heterocycles. The number of halogens is 2. The Labute approximate surface area is 395 Å². The maximum absolute atomic E-state index is 3.96. The first-order chi connectivity index (χ1) is 28.4. The Kier molecular flexibility index (Phi) is 15.0. The van der Waals surface area contributed by atoms with Crippen LogP contribution in [0.4, 0.5) is 0 Å². The van der Waals surface area contributed by atoms with Crippen molar-refractivity contribution in [2.75, 3.05) is 0 Å². The second kappa shape index (κ2) is 18.6. The van der Waals surface area contributed by atoms with E-state index in [1.165, 1.54) is 112 Å². The number of hydrogen-bond acceptors (Lipinski definition) is 0. The van der Waals surface area contributed by atoms with Crippen molar-refractivity contribution in [2.45, 2.75) is 160 Å². The van der Waals surface area contributed by atoms with E-state index in [-0.39, 0.29) is 24.8 Å². The Morgan fingerprint density at radius 2 is 0.871 bits per heavy atom. The number of rotatable bonds is 14. The van der Waals surface area contributed by atoms with Crippen molar-refractivity contribution >= 4 is 70.4 Å². The van der Waals surface area contributed by atoms with Gasteiger partial charge in [-0.3, -0.25) is 0 Å². The van der Waals surface area contributed by atoms with E-state index in [0.29, 0.717) is 18.1 Å². The molecule has 2 fully saturated rings. The summed E-state index contributed by atoms with van der Waals surface area (Å²) in [6.45, 7) is 22.3. The van der Waals surface area contributed by atoms with Crippen LogP contribution < -0.4 is 10.4 Å². The molecule has 2 atom stereocenters. The van der Waals surface area contributed by atoms with Crippen LogP contribution in [0.5, 0.6) is 0 Å². The van der Waals surface area contributed by atoms with Crippen molar-refractivity contribution in [3.8, 4) is 22.3 Å². The first-order valence-corrected chi connectivity index (χ1v) is 45.0. The third-order valence-corrected chi connectivity index (χ3v) is 38.0. The third-order valence-electron chi connectivity index (χ3n) is 16.4. The van der Waals surface area contributed by atoms with Crippen LogP contribution in [0.3, 0.4) is 0 Å². The van der Waals surface area contributed by atoms with Gasteiger partial charge in [-0.25, -0.2) is 0 Å². The fraction of sp³-hybridized carbons (Fsp3) is 0.500. The van der Waals surface area contributed by atoms with Crippen LogP contribution >= 0.6 is 24.8 Å². The van der Waals surface area contributed by atoms with Crippen LogP contribution in [0.1, 0.15) is 133 Å². The summed E-state index contributed by atoms with van der Waals surface area (Å²) >= 11 is -3.96. The van der Waals surface area contributed by atoms with Gasteiger partial charge in [-0.1, -0.05) is 0 Å². The van der Waals surface area contributed by atoms with E-state index < -0.39 is 33.5 Å². The summed E-state index contributed by atoms with van der Waals surface area (Å²) in [6, 6.07) is 34.6. The van der Waals surface area contributed by atoms with Gasteiger partial charge >= 0.3 is 374 Å². The standard InChI is InChI=1S/2C27H35Si.2CH3.2ClH.H2Si.Zr/c2*1-5-15-27(16-6-7-17-27)20-21-18-23-9-8-10-25(26(23)19-21)22-11-13-24(14-12-22)28(2,3)4;;;;;;/h2*8-14,18-19H,5-7,15-17,20H2,1-4H3;2*1H3;2*1H;1H2;. The molecule has 334 valence electrons. The number of allylic oxidation sites excluding steroid dienone is 2. The summed E-state index contributed by atoms with van der Waals surface area (Å²) < 4.78 is 6.96. The zero-order valence-electron chi connectivity index (χ0n) is 40.3. The number of hydrogen-bond donors (Lipinski definition) is 0. The second-order valence-electron chi connectivity index (χ2n) is 23.8. The SMILES string of the molecule is CCCC1(CC2=Cc3c(-c4ccc([Si](C)(C)C)cc4)cccc3[CH]2[Zr]([CH3])([CH3])(=[SiH2])[CH]2C(CC3(CCC)CCCC3)=Cc3c(-c4ccc([Si](C)(C)C)cc4)cccc32)CCCC1.Cl.Cl. The molecule has 6 heteroatoms. The predicted octanol–water partition coefficient (Wildman–Crippen LogP) is 16.4. The van der Waals surface area contributed by atoms with E-state index in [9.17, 15) is 0 Å². The van der Waals surface area contributed by atoms with Crippen molar-refractivity contribution in [1.29, 1.82) is 0 Å². The van der Waals surface area contributed by atoms with E-state index in [0.717, 1.165) is 0 Å². The van der Waals surface area contributed by atoms with E-state index >= 15 is 0 Å². The molecule has 4 aliphatic carbocycles. The van der Waals surface area contributed by atoms with Crippen molar-refractivity contribution < 1.29 is 17.4 Å². The molecule has 0 radical (unpaired) electrons. The summed E-state index contributed by atoms with van der Waals surface area (Å²) in [4.78, 5) is 0. The van der Waals surface area contributed by atoms with E-state index in [1.54, 1.807) is 32.6 Å². The van der Waals surface area contributed by atoms with Crippen LogP contribution in [-0.4, -0.2) is 23.0 Å². The minimum atomic E-state index is -3.96. The molecule has 4 aliphatic rings. The normalized spacial score (nSPS) is 20.5. The molecule has 4 aromatic carbocycles. The molecular formula is C56H80Cl2Si3Zr. The van der Waals surface area contributed by atoms with Gasteiger partial charge in [-0.05, 0) is 0 Å². The molecule has 0 nitrogen and oxygen atoms in total. The largest absolute Gasteiger partial charge is 0.147 e. The van der Waals surface area contributed by atoms with Gasteiger partial charge in [0.2, 0.25) is 0 Å². The fourth-order valence-corrected chi connectivity index (χ4v) is 35.7. The average molecular weight is 1000 g/mol. The Morgan fingerprint density at radius 3 is 1.18 bits per heavy atom. The van der Waals surface area contributed by atoms with Gasteiger partial charge in [-0.15, -0.1) is 24.8 Å². The summed E-state index contributed by atoms with van der Waals surface area (Å²) in [5, 5.41) is 3.10. The second-order valence-corrected chi connectivity index (χ2v) is 64.4.